The van der Waals surface area contributed by atoms with E-state index in [4.69, 9.17) is 9.84 Å². The quantitative estimate of drug-likeness (QED) is 0.354. The third-order valence-electron chi connectivity index (χ3n) is 7.18. The average molecular weight is 500 g/mol. The van der Waals surface area contributed by atoms with Crippen LogP contribution in [0.25, 0.3) is 0 Å². The minimum absolute atomic E-state index is 0.0578. The first-order valence-corrected chi connectivity index (χ1v) is 12.5. The number of aliphatic carboxylic acids is 1. The van der Waals surface area contributed by atoms with Gasteiger partial charge >= 0.3 is 12.0 Å². The zero-order valence-corrected chi connectivity index (χ0v) is 21.1. The number of aromatic nitrogens is 2. The zero-order valence-electron chi connectivity index (χ0n) is 21.1. The first-order valence-electron chi connectivity index (χ1n) is 12.5. The van der Waals surface area contributed by atoms with Crippen molar-refractivity contribution < 1.29 is 24.2 Å². The number of urea groups is 1. The Hall–Kier alpha value is -3.56. The lowest BCUT2D eigenvalue weighted by molar-refractivity contribution is -0.139. The van der Waals surface area contributed by atoms with Gasteiger partial charge < -0.3 is 30.4 Å². The Morgan fingerprint density at radius 2 is 1.94 bits per heavy atom. The molecule has 0 aliphatic carbocycles. The summed E-state index contributed by atoms with van der Waals surface area (Å²) in [5.74, 6) is -0.196. The van der Waals surface area contributed by atoms with Crippen molar-refractivity contribution in [3.05, 3.63) is 48.0 Å². The van der Waals surface area contributed by atoms with E-state index in [0.717, 1.165) is 36.3 Å². The Balaban J connectivity index is 1.63. The molecule has 1 aromatic carbocycles. The van der Waals surface area contributed by atoms with Crippen LogP contribution in [0.3, 0.4) is 0 Å². The molecule has 1 aliphatic heterocycles. The van der Waals surface area contributed by atoms with E-state index in [0.29, 0.717) is 38.9 Å². The predicted octanol–water partition coefficient (Wildman–Crippen LogP) is 2.75. The highest BCUT2D eigenvalue weighted by Crippen LogP contribution is 2.39. The number of hydrogen-bond donors (Lipinski definition) is 4. The van der Waals surface area contributed by atoms with Crippen molar-refractivity contribution in [1.82, 2.24) is 25.5 Å². The third-order valence-corrected chi connectivity index (χ3v) is 7.18. The molecule has 36 heavy (non-hydrogen) atoms. The van der Waals surface area contributed by atoms with E-state index in [2.05, 4.69) is 27.5 Å². The van der Waals surface area contributed by atoms with E-state index in [9.17, 15) is 14.4 Å². The number of carbonyl (C=O) groups excluding carboxylic acids is 2. The topological polar surface area (TPSA) is 137 Å². The summed E-state index contributed by atoms with van der Waals surface area (Å²) in [6, 6.07) is 6.32. The highest BCUT2D eigenvalue weighted by Gasteiger charge is 2.36. The SMILES string of the molecule is CCC1(CCC(=O)O)CCN(C(=O)C(Cc2ccc(OC)cc2)NC(=O)NCCc2c[nH]cn2)CC1. The van der Waals surface area contributed by atoms with Crippen LogP contribution in [0.1, 0.15) is 50.3 Å². The first kappa shape index (κ1) is 27.0. The van der Waals surface area contributed by atoms with Crippen molar-refractivity contribution in [2.75, 3.05) is 26.7 Å². The largest absolute Gasteiger partial charge is 0.497 e. The predicted molar refractivity (Wildman–Crippen MR) is 135 cm³/mol. The number of likely N-dealkylation sites (tertiary alicyclic amines) is 1. The van der Waals surface area contributed by atoms with Gasteiger partial charge in [0.2, 0.25) is 5.91 Å². The maximum atomic E-state index is 13.5. The Bertz CT molecular complexity index is 985. The number of amides is 3. The summed E-state index contributed by atoms with van der Waals surface area (Å²) in [6.07, 6.45) is 7.45. The molecule has 196 valence electrons. The summed E-state index contributed by atoms with van der Waals surface area (Å²) in [6.45, 7) is 3.58. The Labute approximate surface area is 211 Å². The molecule has 0 bridgehead atoms. The van der Waals surface area contributed by atoms with Crippen molar-refractivity contribution in [3.63, 3.8) is 0 Å². The number of rotatable bonds is 12. The number of aromatic amines is 1. The van der Waals surface area contributed by atoms with Gasteiger partial charge in [-0.05, 0) is 42.4 Å². The van der Waals surface area contributed by atoms with Crippen LogP contribution in [-0.4, -0.2) is 70.7 Å². The summed E-state index contributed by atoms with van der Waals surface area (Å²) < 4.78 is 5.22. The van der Waals surface area contributed by atoms with Gasteiger partial charge in [-0.25, -0.2) is 9.78 Å². The lowest BCUT2D eigenvalue weighted by Gasteiger charge is -2.42. The normalized spacial score (nSPS) is 15.7. The van der Waals surface area contributed by atoms with Gasteiger partial charge in [0.25, 0.3) is 0 Å². The number of methoxy groups -OCH3 is 1. The smallest absolute Gasteiger partial charge is 0.315 e. The number of imidazole rings is 1. The number of piperidine rings is 1. The van der Waals surface area contributed by atoms with Crippen LogP contribution < -0.4 is 15.4 Å². The molecule has 3 rings (SSSR count). The van der Waals surface area contributed by atoms with Gasteiger partial charge in [-0.1, -0.05) is 25.5 Å². The molecule has 2 aromatic rings. The highest BCUT2D eigenvalue weighted by atomic mass is 16.5. The number of benzene rings is 1. The van der Waals surface area contributed by atoms with E-state index in [1.165, 1.54) is 0 Å². The molecule has 3 amide bonds. The second-order valence-corrected chi connectivity index (χ2v) is 9.39. The van der Waals surface area contributed by atoms with Gasteiger partial charge in [-0.3, -0.25) is 9.59 Å². The molecule has 1 atom stereocenters. The van der Waals surface area contributed by atoms with Gasteiger partial charge in [0.1, 0.15) is 11.8 Å². The molecule has 0 spiro atoms. The fourth-order valence-electron chi connectivity index (χ4n) is 4.71. The average Bonchev–Trinajstić information content (AvgIpc) is 3.41. The maximum absolute atomic E-state index is 13.5. The number of nitrogens with zero attached hydrogens (tertiary/aromatic N) is 2. The summed E-state index contributed by atoms with van der Waals surface area (Å²) in [4.78, 5) is 46.1. The molecule has 2 heterocycles. The van der Waals surface area contributed by atoms with Crippen LogP contribution in [0, 0.1) is 5.41 Å². The van der Waals surface area contributed by atoms with Gasteiger partial charge in [0.05, 0.1) is 19.1 Å². The molecule has 1 saturated heterocycles. The van der Waals surface area contributed by atoms with Crippen LogP contribution in [-0.2, 0) is 22.4 Å². The molecule has 1 aliphatic rings. The van der Waals surface area contributed by atoms with E-state index in [1.54, 1.807) is 24.5 Å². The number of carboxylic acid groups (broad SMARTS) is 1. The molecule has 1 fully saturated rings. The Morgan fingerprint density at radius 1 is 1.22 bits per heavy atom. The summed E-state index contributed by atoms with van der Waals surface area (Å²) in [7, 11) is 1.60. The number of carbonyl (C=O) groups is 3. The Kier molecular flexibility index (Phi) is 9.72. The van der Waals surface area contributed by atoms with Crippen LogP contribution >= 0.6 is 0 Å². The van der Waals surface area contributed by atoms with Crippen molar-refractivity contribution in [3.8, 4) is 5.75 Å². The number of H-pyrrole nitrogens is 1. The second kappa shape index (κ2) is 12.9. The number of ether oxygens (including phenoxy) is 1. The summed E-state index contributed by atoms with van der Waals surface area (Å²) in [5.41, 5.74) is 1.70. The van der Waals surface area contributed by atoms with Gasteiger partial charge in [0, 0.05) is 45.1 Å². The van der Waals surface area contributed by atoms with Crippen LogP contribution in [0.2, 0.25) is 0 Å². The van der Waals surface area contributed by atoms with E-state index in [-0.39, 0.29) is 17.7 Å². The van der Waals surface area contributed by atoms with E-state index >= 15 is 0 Å². The summed E-state index contributed by atoms with van der Waals surface area (Å²) in [5, 5.41) is 14.8. The zero-order chi connectivity index (χ0) is 26.0. The number of hydrogen-bond acceptors (Lipinski definition) is 5. The fraction of sp³-hybridized carbons (Fsp3) is 0.538. The minimum atomic E-state index is -0.789. The van der Waals surface area contributed by atoms with Crippen molar-refractivity contribution >= 4 is 17.9 Å². The van der Waals surface area contributed by atoms with E-state index < -0.39 is 18.0 Å². The van der Waals surface area contributed by atoms with Crippen molar-refractivity contribution in [2.24, 2.45) is 5.41 Å². The van der Waals surface area contributed by atoms with E-state index in [1.807, 2.05) is 24.3 Å². The molecule has 0 saturated carbocycles. The summed E-state index contributed by atoms with van der Waals surface area (Å²) >= 11 is 0. The fourth-order valence-corrected chi connectivity index (χ4v) is 4.71. The minimum Gasteiger partial charge on any atom is -0.497 e. The molecule has 4 N–H and O–H groups in total. The molecule has 1 aromatic heterocycles. The third kappa shape index (κ3) is 7.73. The maximum Gasteiger partial charge on any atom is 0.315 e. The van der Waals surface area contributed by atoms with Crippen LogP contribution in [0.15, 0.2) is 36.8 Å². The molecular formula is C26H37N5O5. The first-order chi connectivity index (χ1) is 17.3. The van der Waals surface area contributed by atoms with Crippen molar-refractivity contribution in [1.29, 1.82) is 0 Å². The molecule has 1 unspecified atom stereocenters. The highest BCUT2D eigenvalue weighted by molar-refractivity contribution is 5.87. The number of nitrogens with one attached hydrogen (secondary N) is 3. The Morgan fingerprint density at radius 3 is 2.53 bits per heavy atom. The van der Waals surface area contributed by atoms with Gasteiger partial charge in [-0.2, -0.15) is 0 Å². The van der Waals surface area contributed by atoms with Crippen LogP contribution in [0.4, 0.5) is 4.79 Å². The van der Waals surface area contributed by atoms with Gasteiger partial charge in [-0.15, -0.1) is 0 Å². The standard InChI is InChI=1S/C26H37N5O5/c1-3-26(10-8-23(32)33)11-14-31(15-12-26)24(34)22(16-19-4-6-21(36-2)7-5-19)30-25(35)28-13-9-20-17-27-18-29-20/h4-7,17-18,22H,3,8-16H2,1-2H3,(H,27,29)(H,32,33)(H2,28,30,35). The van der Waals surface area contributed by atoms with Crippen molar-refractivity contribution in [2.45, 2.75) is 57.9 Å². The molecule has 0 radical (unpaired) electrons. The number of carboxylic acids is 1. The molecule has 10 nitrogen and oxygen atoms in total. The van der Waals surface area contributed by atoms with Crippen LogP contribution in [0.5, 0.6) is 5.75 Å². The second-order valence-electron chi connectivity index (χ2n) is 9.39. The lowest BCUT2D eigenvalue weighted by atomic mass is 9.73. The monoisotopic (exact) mass is 499 g/mol. The molecule has 10 heteroatoms. The lowest BCUT2D eigenvalue weighted by Crippen LogP contribution is -2.54. The molecular weight excluding hydrogens is 462 g/mol. The van der Waals surface area contributed by atoms with Gasteiger partial charge in [0.15, 0.2) is 0 Å².